The Morgan fingerprint density at radius 3 is 2.64 bits per heavy atom. The fraction of sp³-hybridized carbons (Fsp3) is 0.200. The van der Waals surface area contributed by atoms with Crippen molar-refractivity contribution in [3.05, 3.63) is 36.4 Å². The number of nitrogen functional groups attached to an aromatic ring is 1. The van der Waals surface area contributed by atoms with Crippen LogP contribution in [0.3, 0.4) is 0 Å². The third-order valence-electron chi connectivity index (χ3n) is 2.07. The fourth-order valence-corrected chi connectivity index (χ4v) is 1.34. The molecule has 14 heavy (non-hydrogen) atoms. The molecule has 0 amide bonds. The molecule has 0 unspecified atom stereocenters. The van der Waals surface area contributed by atoms with Gasteiger partial charge in [-0.2, -0.15) is 5.10 Å². The van der Waals surface area contributed by atoms with Gasteiger partial charge >= 0.3 is 0 Å². The molecule has 1 aromatic heterocycles. The Labute approximate surface area is 82.4 Å². The first kappa shape index (κ1) is 8.74. The van der Waals surface area contributed by atoms with Crippen LogP contribution < -0.4 is 5.73 Å². The van der Waals surface area contributed by atoms with Gasteiger partial charge in [0.05, 0.1) is 5.69 Å². The van der Waals surface area contributed by atoms with Crippen molar-refractivity contribution in [3.8, 4) is 5.69 Å². The fourth-order valence-electron chi connectivity index (χ4n) is 1.34. The maximum absolute atomic E-state index is 5.61. The van der Waals surface area contributed by atoms with Gasteiger partial charge in [0.25, 0.3) is 0 Å². The number of nitrogens with two attached hydrogens (primary N) is 1. The van der Waals surface area contributed by atoms with Gasteiger partial charge in [0.15, 0.2) is 0 Å². The molecule has 2 aromatic rings. The summed E-state index contributed by atoms with van der Waals surface area (Å²) in [5.74, 6) is 0.953. The lowest BCUT2D eigenvalue weighted by Crippen LogP contribution is -2.01. The molecular weight excluding hydrogens is 176 g/mol. The molecular formula is C10H12N4. The lowest BCUT2D eigenvalue weighted by molar-refractivity contribution is 0.801. The standard InChI is InChI=1S/C10H12N4/c1-2-10-12-7-13-14(10)9-5-3-8(11)4-6-9/h3-7H,2,11H2,1H3. The van der Waals surface area contributed by atoms with Crippen LogP contribution in [0.5, 0.6) is 0 Å². The number of hydrogen-bond acceptors (Lipinski definition) is 3. The average Bonchev–Trinajstić information content (AvgIpc) is 2.67. The van der Waals surface area contributed by atoms with E-state index in [2.05, 4.69) is 17.0 Å². The molecule has 0 radical (unpaired) electrons. The topological polar surface area (TPSA) is 56.7 Å². The highest BCUT2D eigenvalue weighted by atomic mass is 15.3. The Morgan fingerprint density at radius 1 is 1.29 bits per heavy atom. The van der Waals surface area contributed by atoms with Crippen molar-refractivity contribution in [3.63, 3.8) is 0 Å². The van der Waals surface area contributed by atoms with Crippen molar-refractivity contribution in [2.45, 2.75) is 13.3 Å². The van der Waals surface area contributed by atoms with Crippen LogP contribution in [0.4, 0.5) is 5.69 Å². The number of anilines is 1. The molecule has 4 nitrogen and oxygen atoms in total. The summed E-state index contributed by atoms with van der Waals surface area (Å²) in [6, 6.07) is 7.58. The average molecular weight is 188 g/mol. The van der Waals surface area contributed by atoms with Crippen molar-refractivity contribution in [2.75, 3.05) is 5.73 Å². The maximum Gasteiger partial charge on any atom is 0.138 e. The Bertz CT molecular complexity index is 416. The van der Waals surface area contributed by atoms with E-state index in [-0.39, 0.29) is 0 Å². The van der Waals surface area contributed by atoms with Crippen molar-refractivity contribution < 1.29 is 0 Å². The maximum atomic E-state index is 5.61. The summed E-state index contributed by atoms with van der Waals surface area (Å²) >= 11 is 0. The minimum atomic E-state index is 0.756. The number of benzene rings is 1. The van der Waals surface area contributed by atoms with Gasteiger partial charge in [-0.05, 0) is 24.3 Å². The molecule has 2 rings (SSSR count). The van der Waals surface area contributed by atoms with Crippen LogP contribution >= 0.6 is 0 Å². The summed E-state index contributed by atoms with van der Waals surface area (Å²) in [6.07, 6.45) is 2.43. The molecule has 0 aliphatic carbocycles. The first-order chi connectivity index (χ1) is 6.81. The van der Waals surface area contributed by atoms with Crippen molar-refractivity contribution >= 4 is 5.69 Å². The lowest BCUT2D eigenvalue weighted by atomic mass is 10.3. The number of aryl methyl sites for hydroxylation is 1. The van der Waals surface area contributed by atoms with Gasteiger partial charge in [0.1, 0.15) is 12.2 Å². The van der Waals surface area contributed by atoms with E-state index >= 15 is 0 Å². The second kappa shape index (κ2) is 3.49. The van der Waals surface area contributed by atoms with Gasteiger partial charge < -0.3 is 5.73 Å². The molecule has 0 saturated carbocycles. The smallest absolute Gasteiger partial charge is 0.138 e. The second-order valence-corrected chi connectivity index (χ2v) is 3.03. The van der Waals surface area contributed by atoms with E-state index in [9.17, 15) is 0 Å². The first-order valence-corrected chi connectivity index (χ1v) is 4.56. The Hall–Kier alpha value is -1.84. The molecule has 0 bridgehead atoms. The summed E-state index contributed by atoms with van der Waals surface area (Å²) in [7, 11) is 0. The van der Waals surface area contributed by atoms with Crippen LogP contribution in [-0.4, -0.2) is 14.8 Å². The normalized spacial score (nSPS) is 10.4. The minimum Gasteiger partial charge on any atom is -0.399 e. The quantitative estimate of drug-likeness (QED) is 0.725. The van der Waals surface area contributed by atoms with Crippen molar-refractivity contribution in [1.29, 1.82) is 0 Å². The number of nitrogens with zero attached hydrogens (tertiary/aromatic N) is 3. The summed E-state index contributed by atoms with van der Waals surface area (Å²) in [6.45, 7) is 2.05. The molecule has 0 spiro atoms. The predicted octanol–water partition coefficient (Wildman–Crippen LogP) is 1.41. The molecule has 0 atom stereocenters. The van der Waals surface area contributed by atoms with Gasteiger partial charge in [-0.1, -0.05) is 6.92 Å². The van der Waals surface area contributed by atoms with Gasteiger partial charge in [0, 0.05) is 12.1 Å². The zero-order valence-electron chi connectivity index (χ0n) is 8.01. The van der Waals surface area contributed by atoms with Crippen LogP contribution in [0.1, 0.15) is 12.7 Å². The van der Waals surface area contributed by atoms with E-state index in [4.69, 9.17) is 5.73 Å². The zero-order valence-corrected chi connectivity index (χ0v) is 8.01. The van der Waals surface area contributed by atoms with Gasteiger partial charge in [-0.15, -0.1) is 0 Å². The monoisotopic (exact) mass is 188 g/mol. The molecule has 2 N–H and O–H groups in total. The Morgan fingerprint density at radius 2 is 2.00 bits per heavy atom. The number of aromatic nitrogens is 3. The van der Waals surface area contributed by atoms with Crippen LogP contribution in [0, 0.1) is 0 Å². The third-order valence-corrected chi connectivity index (χ3v) is 2.07. The van der Waals surface area contributed by atoms with E-state index < -0.39 is 0 Å². The van der Waals surface area contributed by atoms with Crippen LogP contribution in [0.2, 0.25) is 0 Å². The summed E-state index contributed by atoms with van der Waals surface area (Å²) in [4.78, 5) is 4.15. The highest BCUT2D eigenvalue weighted by molar-refractivity contribution is 5.44. The lowest BCUT2D eigenvalue weighted by Gasteiger charge is -2.03. The van der Waals surface area contributed by atoms with E-state index in [1.807, 2.05) is 28.9 Å². The molecule has 1 aromatic carbocycles. The van der Waals surface area contributed by atoms with Gasteiger partial charge in [-0.25, -0.2) is 9.67 Å². The van der Waals surface area contributed by atoms with Gasteiger partial charge in [-0.3, -0.25) is 0 Å². The van der Waals surface area contributed by atoms with Gasteiger partial charge in [0.2, 0.25) is 0 Å². The molecule has 0 fully saturated rings. The molecule has 0 aliphatic heterocycles. The van der Waals surface area contributed by atoms with E-state index in [1.54, 1.807) is 6.33 Å². The van der Waals surface area contributed by atoms with Crippen molar-refractivity contribution in [1.82, 2.24) is 14.8 Å². The highest BCUT2D eigenvalue weighted by Gasteiger charge is 2.03. The number of rotatable bonds is 2. The SMILES string of the molecule is CCc1ncnn1-c1ccc(N)cc1. The van der Waals surface area contributed by atoms with Crippen LogP contribution in [0.15, 0.2) is 30.6 Å². The summed E-state index contributed by atoms with van der Waals surface area (Å²) in [5.41, 5.74) is 7.36. The summed E-state index contributed by atoms with van der Waals surface area (Å²) < 4.78 is 1.82. The predicted molar refractivity (Wildman–Crippen MR) is 55.1 cm³/mol. The van der Waals surface area contributed by atoms with E-state index in [0.717, 1.165) is 23.6 Å². The van der Waals surface area contributed by atoms with Crippen molar-refractivity contribution in [2.24, 2.45) is 0 Å². The molecule has 1 heterocycles. The molecule has 0 saturated heterocycles. The third kappa shape index (κ3) is 1.46. The largest absolute Gasteiger partial charge is 0.399 e. The van der Waals surface area contributed by atoms with Crippen LogP contribution in [0.25, 0.3) is 5.69 Å². The number of hydrogen-bond donors (Lipinski definition) is 1. The minimum absolute atomic E-state index is 0.756. The molecule has 4 heteroatoms. The first-order valence-electron chi connectivity index (χ1n) is 4.56. The van der Waals surface area contributed by atoms with E-state index in [0.29, 0.717) is 0 Å². The molecule has 72 valence electrons. The second-order valence-electron chi connectivity index (χ2n) is 3.03. The van der Waals surface area contributed by atoms with E-state index in [1.165, 1.54) is 0 Å². The molecule has 0 aliphatic rings. The summed E-state index contributed by atoms with van der Waals surface area (Å²) in [5, 5.41) is 4.15. The Kier molecular flexibility index (Phi) is 2.18. The highest BCUT2D eigenvalue weighted by Crippen LogP contribution is 2.11. The Balaban J connectivity index is 2.44. The zero-order chi connectivity index (χ0) is 9.97. The van der Waals surface area contributed by atoms with Crippen LogP contribution in [-0.2, 0) is 6.42 Å².